The maximum absolute atomic E-state index is 12.0. The van der Waals surface area contributed by atoms with Gasteiger partial charge in [-0.2, -0.15) is 0 Å². The molecule has 2 amide bonds. The molecule has 0 spiro atoms. The molecule has 17 heavy (non-hydrogen) atoms. The van der Waals surface area contributed by atoms with Gasteiger partial charge in [-0.3, -0.25) is 0 Å². The highest BCUT2D eigenvalue weighted by atomic mass is 16.2. The predicted octanol–water partition coefficient (Wildman–Crippen LogP) is 1.52. The summed E-state index contributed by atoms with van der Waals surface area (Å²) in [6.45, 7) is 3.19. The van der Waals surface area contributed by atoms with Crippen LogP contribution in [-0.4, -0.2) is 55.6 Å². The monoisotopic (exact) mass is 239 g/mol. The highest BCUT2D eigenvalue weighted by Gasteiger charge is 2.24. The summed E-state index contributed by atoms with van der Waals surface area (Å²) in [5, 5.41) is 3.14. The minimum atomic E-state index is 0.117. The number of rotatable bonds is 3. The van der Waals surface area contributed by atoms with Gasteiger partial charge in [0.05, 0.1) is 0 Å². The smallest absolute Gasteiger partial charge is 0.317 e. The first-order valence-corrected chi connectivity index (χ1v) is 6.85. The van der Waals surface area contributed by atoms with E-state index in [0.717, 1.165) is 25.9 Å². The van der Waals surface area contributed by atoms with E-state index in [1.807, 2.05) is 11.9 Å². The topological polar surface area (TPSA) is 35.6 Å². The van der Waals surface area contributed by atoms with Gasteiger partial charge in [0, 0.05) is 26.2 Å². The summed E-state index contributed by atoms with van der Waals surface area (Å²) < 4.78 is 0. The lowest BCUT2D eigenvalue weighted by atomic mass is 10.1. The molecular formula is C13H25N3O. The minimum Gasteiger partial charge on any atom is -0.335 e. The average Bonchev–Trinajstić information content (AvgIpc) is 2.90. The second kappa shape index (κ2) is 5.71. The molecule has 2 rings (SSSR count). The molecule has 4 heteroatoms. The van der Waals surface area contributed by atoms with Crippen molar-refractivity contribution in [1.82, 2.24) is 15.1 Å². The van der Waals surface area contributed by atoms with Crippen molar-refractivity contribution in [3.05, 3.63) is 0 Å². The molecule has 1 atom stereocenters. The third kappa shape index (κ3) is 3.60. The number of nitrogens with one attached hydrogen (secondary N) is 1. The van der Waals surface area contributed by atoms with Gasteiger partial charge in [-0.25, -0.2) is 4.79 Å². The molecule has 0 radical (unpaired) electrons. The first-order valence-electron chi connectivity index (χ1n) is 6.85. The van der Waals surface area contributed by atoms with Crippen molar-refractivity contribution >= 4 is 6.03 Å². The third-order valence-corrected chi connectivity index (χ3v) is 4.05. The Kier molecular flexibility index (Phi) is 4.26. The fourth-order valence-electron chi connectivity index (χ4n) is 3.00. The van der Waals surface area contributed by atoms with Crippen molar-refractivity contribution < 1.29 is 4.79 Å². The van der Waals surface area contributed by atoms with Gasteiger partial charge >= 0.3 is 6.03 Å². The lowest BCUT2D eigenvalue weighted by Crippen LogP contribution is -2.44. The average molecular weight is 239 g/mol. The molecule has 1 saturated heterocycles. The molecule has 1 N–H and O–H groups in total. The number of urea groups is 1. The lowest BCUT2D eigenvalue weighted by molar-refractivity contribution is 0.196. The van der Waals surface area contributed by atoms with E-state index >= 15 is 0 Å². The van der Waals surface area contributed by atoms with Crippen LogP contribution >= 0.6 is 0 Å². The standard InChI is InChI=1S/C13H25N3O/c1-15-8-7-11(9-15)10-16(2)13(17)14-12-5-3-4-6-12/h11-12H,3-10H2,1-2H3,(H,14,17). The quantitative estimate of drug-likeness (QED) is 0.810. The normalized spacial score (nSPS) is 26.4. The summed E-state index contributed by atoms with van der Waals surface area (Å²) in [6.07, 6.45) is 6.07. The molecule has 2 fully saturated rings. The molecule has 1 saturated carbocycles. The van der Waals surface area contributed by atoms with Gasteiger partial charge in [-0.15, -0.1) is 0 Å². The van der Waals surface area contributed by atoms with Crippen molar-refractivity contribution in [3.8, 4) is 0 Å². The molecule has 1 aliphatic carbocycles. The van der Waals surface area contributed by atoms with Gasteiger partial charge in [0.15, 0.2) is 0 Å². The molecule has 2 aliphatic rings. The summed E-state index contributed by atoms with van der Waals surface area (Å²) in [6, 6.07) is 0.544. The van der Waals surface area contributed by atoms with E-state index in [1.54, 1.807) is 0 Å². The maximum atomic E-state index is 12.0. The first-order chi connectivity index (χ1) is 8.15. The highest BCUT2D eigenvalue weighted by molar-refractivity contribution is 5.74. The number of hydrogen-bond donors (Lipinski definition) is 1. The lowest BCUT2D eigenvalue weighted by Gasteiger charge is -2.23. The van der Waals surface area contributed by atoms with Crippen molar-refractivity contribution in [2.75, 3.05) is 33.7 Å². The highest BCUT2D eigenvalue weighted by Crippen LogP contribution is 2.18. The van der Waals surface area contributed by atoms with E-state index in [4.69, 9.17) is 0 Å². The van der Waals surface area contributed by atoms with Crippen LogP contribution in [0.2, 0.25) is 0 Å². The van der Waals surface area contributed by atoms with Crippen LogP contribution in [-0.2, 0) is 0 Å². The zero-order chi connectivity index (χ0) is 12.3. The molecule has 4 nitrogen and oxygen atoms in total. The fourth-order valence-corrected chi connectivity index (χ4v) is 3.00. The van der Waals surface area contributed by atoms with Crippen LogP contribution < -0.4 is 5.32 Å². The van der Waals surface area contributed by atoms with Gasteiger partial charge in [0.25, 0.3) is 0 Å². The summed E-state index contributed by atoms with van der Waals surface area (Å²) in [4.78, 5) is 16.2. The largest absolute Gasteiger partial charge is 0.335 e. The number of nitrogens with zero attached hydrogens (tertiary/aromatic N) is 2. The molecular weight excluding hydrogens is 214 g/mol. The van der Waals surface area contributed by atoms with E-state index in [2.05, 4.69) is 17.3 Å². The Balaban J connectivity index is 1.71. The molecule has 1 heterocycles. The Morgan fingerprint density at radius 1 is 1.35 bits per heavy atom. The molecule has 0 aromatic carbocycles. The zero-order valence-corrected chi connectivity index (χ0v) is 11.1. The predicted molar refractivity (Wildman–Crippen MR) is 69.0 cm³/mol. The van der Waals surface area contributed by atoms with Gasteiger partial charge in [-0.05, 0) is 38.8 Å². The first kappa shape index (κ1) is 12.7. The van der Waals surface area contributed by atoms with E-state index in [-0.39, 0.29) is 6.03 Å². The Morgan fingerprint density at radius 2 is 2.06 bits per heavy atom. The number of likely N-dealkylation sites (tertiary alicyclic amines) is 1. The van der Waals surface area contributed by atoms with Gasteiger partial charge < -0.3 is 15.1 Å². The van der Waals surface area contributed by atoms with Gasteiger partial charge in [0.2, 0.25) is 0 Å². The number of hydrogen-bond acceptors (Lipinski definition) is 2. The Hall–Kier alpha value is -0.770. The Labute approximate surface area is 104 Å². The number of carbonyl (C=O) groups is 1. The second-order valence-corrected chi connectivity index (χ2v) is 5.73. The van der Waals surface area contributed by atoms with Crippen LogP contribution in [0.15, 0.2) is 0 Å². The van der Waals surface area contributed by atoms with Crippen LogP contribution in [0, 0.1) is 5.92 Å². The molecule has 0 bridgehead atoms. The summed E-state index contributed by atoms with van der Waals surface area (Å²) in [5.41, 5.74) is 0. The van der Waals surface area contributed by atoms with E-state index in [0.29, 0.717) is 12.0 Å². The molecule has 1 aliphatic heterocycles. The third-order valence-electron chi connectivity index (χ3n) is 4.05. The maximum Gasteiger partial charge on any atom is 0.317 e. The summed E-state index contributed by atoms with van der Waals surface area (Å²) in [5.74, 6) is 0.652. The second-order valence-electron chi connectivity index (χ2n) is 5.73. The molecule has 1 unspecified atom stereocenters. The van der Waals surface area contributed by atoms with Crippen molar-refractivity contribution in [2.24, 2.45) is 5.92 Å². The SMILES string of the molecule is CN1CCC(CN(C)C(=O)NC2CCCC2)C1. The Morgan fingerprint density at radius 3 is 2.65 bits per heavy atom. The van der Waals surface area contributed by atoms with Crippen LogP contribution in [0.5, 0.6) is 0 Å². The van der Waals surface area contributed by atoms with E-state index < -0.39 is 0 Å². The number of amides is 2. The van der Waals surface area contributed by atoms with Crippen molar-refractivity contribution in [2.45, 2.75) is 38.1 Å². The van der Waals surface area contributed by atoms with E-state index in [1.165, 1.54) is 25.8 Å². The fraction of sp³-hybridized carbons (Fsp3) is 0.923. The van der Waals surface area contributed by atoms with Gasteiger partial charge in [0.1, 0.15) is 0 Å². The zero-order valence-electron chi connectivity index (χ0n) is 11.1. The molecule has 0 aromatic rings. The van der Waals surface area contributed by atoms with Crippen molar-refractivity contribution in [3.63, 3.8) is 0 Å². The van der Waals surface area contributed by atoms with Gasteiger partial charge in [-0.1, -0.05) is 12.8 Å². The van der Waals surface area contributed by atoms with Crippen LogP contribution in [0.1, 0.15) is 32.1 Å². The van der Waals surface area contributed by atoms with Crippen LogP contribution in [0.4, 0.5) is 4.79 Å². The van der Waals surface area contributed by atoms with Crippen molar-refractivity contribution in [1.29, 1.82) is 0 Å². The van der Waals surface area contributed by atoms with E-state index in [9.17, 15) is 4.79 Å². The number of carbonyl (C=O) groups excluding carboxylic acids is 1. The van der Waals surface area contributed by atoms with Crippen LogP contribution in [0.3, 0.4) is 0 Å². The molecule has 0 aromatic heterocycles. The summed E-state index contributed by atoms with van der Waals surface area (Å²) in [7, 11) is 4.07. The minimum absolute atomic E-state index is 0.117. The van der Waals surface area contributed by atoms with Crippen LogP contribution in [0.25, 0.3) is 0 Å². The Bertz CT molecular complexity index is 263. The molecule has 98 valence electrons. The summed E-state index contributed by atoms with van der Waals surface area (Å²) >= 11 is 0.